The Balaban J connectivity index is 1.61. The van der Waals surface area contributed by atoms with Crippen LogP contribution in [0.1, 0.15) is 24.3 Å². The number of piperazine rings is 1. The molecular formula is C19H25N5O2. The summed E-state index contributed by atoms with van der Waals surface area (Å²) < 4.78 is 0. The van der Waals surface area contributed by atoms with Crippen LogP contribution in [0.5, 0.6) is 0 Å². The zero-order valence-corrected chi connectivity index (χ0v) is 15.2. The van der Waals surface area contributed by atoms with E-state index >= 15 is 0 Å². The van der Waals surface area contributed by atoms with Crippen molar-refractivity contribution in [1.82, 2.24) is 15.1 Å². The Morgan fingerprint density at radius 3 is 2.62 bits per heavy atom. The smallest absolute Gasteiger partial charge is 0.276 e. The van der Waals surface area contributed by atoms with Crippen molar-refractivity contribution in [3.8, 4) is 0 Å². The first-order valence-electron chi connectivity index (χ1n) is 8.90. The van der Waals surface area contributed by atoms with E-state index in [1.807, 2.05) is 43.3 Å². The molecule has 0 spiro atoms. The van der Waals surface area contributed by atoms with Gasteiger partial charge in [0.1, 0.15) is 0 Å². The van der Waals surface area contributed by atoms with E-state index in [4.69, 9.17) is 0 Å². The fraction of sp³-hybridized carbons (Fsp3) is 0.421. The molecule has 2 aromatic rings. The standard InChI is InChI=1S/C19H25N5O2/c1-14-12-23(13-15(2)25)10-11-24(14)18-9-8-17(21-22-18)19(26)20-16-6-4-3-5-7-16/h3-9,14-15,25H,10-13H2,1-2H3,(H,20,26). The Morgan fingerprint density at radius 2 is 2.00 bits per heavy atom. The summed E-state index contributed by atoms with van der Waals surface area (Å²) in [5, 5.41) is 20.7. The Bertz CT molecular complexity index is 720. The lowest BCUT2D eigenvalue weighted by Crippen LogP contribution is -2.53. The van der Waals surface area contributed by atoms with Crippen LogP contribution in [-0.2, 0) is 0 Å². The van der Waals surface area contributed by atoms with Gasteiger partial charge in [0.05, 0.1) is 6.10 Å². The van der Waals surface area contributed by atoms with Crippen molar-refractivity contribution in [1.29, 1.82) is 0 Å². The lowest BCUT2D eigenvalue weighted by atomic mass is 10.1. The number of amides is 1. The Morgan fingerprint density at radius 1 is 1.23 bits per heavy atom. The summed E-state index contributed by atoms with van der Waals surface area (Å²) >= 11 is 0. The van der Waals surface area contributed by atoms with Crippen LogP contribution in [-0.4, -0.2) is 64.4 Å². The van der Waals surface area contributed by atoms with Gasteiger partial charge in [0.2, 0.25) is 0 Å². The first-order valence-corrected chi connectivity index (χ1v) is 8.90. The predicted molar refractivity (Wildman–Crippen MR) is 101 cm³/mol. The average molecular weight is 355 g/mol. The molecule has 1 fully saturated rings. The molecule has 1 amide bonds. The van der Waals surface area contributed by atoms with Gasteiger partial charge in [-0.25, -0.2) is 0 Å². The summed E-state index contributed by atoms with van der Waals surface area (Å²) in [5.74, 6) is 0.496. The van der Waals surface area contributed by atoms with Gasteiger partial charge in [0, 0.05) is 37.9 Å². The first kappa shape index (κ1) is 18.3. The molecule has 2 atom stereocenters. The highest BCUT2D eigenvalue weighted by Gasteiger charge is 2.25. The monoisotopic (exact) mass is 355 g/mol. The molecule has 2 heterocycles. The van der Waals surface area contributed by atoms with Crippen molar-refractivity contribution in [2.75, 3.05) is 36.4 Å². The Hall–Kier alpha value is -2.51. The Labute approximate surface area is 153 Å². The van der Waals surface area contributed by atoms with Gasteiger partial charge in [0.15, 0.2) is 11.5 Å². The third kappa shape index (κ3) is 4.56. The minimum Gasteiger partial charge on any atom is -0.392 e. The first-order chi connectivity index (χ1) is 12.5. The average Bonchev–Trinajstić information content (AvgIpc) is 2.62. The van der Waals surface area contributed by atoms with Crippen LogP contribution in [0.4, 0.5) is 11.5 Å². The van der Waals surface area contributed by atoms with E-state index in [2.05, 4.69) is 32.2 Å². The van der Waals surface area contributed by atoms with Crippen molar-refractivity contribution in [3.05, 3.63) is 48.2 Å². The van der Waals surface area contributed by atoms with Gasteiger partial charge >= 0.3 is 0 Å². The molecule has 26 heavy (non-hydrogen) atoms. The number of aromatic nitrogens is 2. The molecule has 0 bridgehead atoms. The van der Waals surface area contributed by atoms with E-state index in [0.717, 1.165) is 31.1 Å². The number of nitrogens with one attached hydrogen (secondary N) is 1. The van der Waals surface area contributed by atoms with E-state index < -0.39 is 0 Å². The number of aliphatic hydroxyl groups is 1. The number of carbonyl (C=O) groups excluding carboxylic acids is 1. The van der Waals surface area contributed by atoms with Crippen LogP contribution in [0.3, 0.4) is 0 Å². The number of hydrogen-bond donors (Lipinski definition) is 2. The van der Waals surface area contributed by atoms with Crippen LogP contribution in [0.25, 0.3) is 0 Å². The number of nitrogens with zero attached hydrogens (tertiary/aromatic N) is 4. The quantitative estimate of drug-likeness (QED) is 0.848. The predicted octanol–water partition coefficient (Wildman–Crippen LogP) is 1.62. The molecule has 1 aromatic carbocycles. The molecule has 1 aliphatic heterocycles. The van der Waals surface area contributed by atoms with Crippen LogP contribution in [0.15, 0.2) is 42.5 Å². The van der Waals surface area contributed by atoms with E-state index in [1.54, 1.807) is 6.07 Å². The number of aliphatic hydroxyl groups excluding tert-OH is 1. The summed E-state index contributed by atoms with van der Waals surface area (Å²) in [6, 6.07) is 13.1. The summed E-state index contributed by atoms with van der Waals surface area (Å²) in [5.41, 5.74) is 1.02. The van der Waals surface area contributed by atoms with Crippen molar-refractivity contribution in [3.63, 3.8) is 0 Å². The number of hydrogen-bond acceptors (Lipinski definition) is 6. The highest BCUT2D eigenvalue weighted by Crippen LogP contribution is 2.18. The van der Waals surface area contributed by atoms with Gasteiger partial charge in [0.25, 0.3) is 5.91 Å². The van der Waals surface area contributed by atoms with Crippen molar-refractivity contribution >= 4 is 17.4 Å². The van der Waals surface area contributed by atoms with Crippen LogP contribution < -0.4 is 10.2 Å². The van der Waals surface area contributed by atoms with Gasteiger partial charge in [-0.3, -0.25) is 9.69 Å². The summed E-state index contributed by atoms with van der Waals surface area (Å²) in [6.45, 7) is 7.17. The molecule has 2 N–H and O–H groups in total. The van der Waals surface area contributed by atoms with Crippen LogP contribution in [0, 0.1) is 0 Å². The third-order valence-electron chi connectivity index (χ3n) is 4.44. The van der Waals surface area contributed by atoms with E-state index in [9.17, 15) is 9.90 Å². The maximum atomic E-state index is 12.3. The summed E-state index contributed by atoms with van der Waals surface area (Å²) in [7, 11) is 0. The molecule has 0 saturated carbocycles. The fourth-order valence-electron chi connectivity index (χ4n) is 3.23. The number of β-amino-alcohol motifs (C(OH)–C–C–N with tert-alkyl or cyclic N) is 1. The minimum absolute atomic E-state index is 0.265. The second-order valence-corrected chi connectivity index (χ2v) is 6.75. The van der Waals surface area contributed by atoms with Crippen molar-refractivity contribution in [2.45, 2.75) is 26.0 Å². The van der Waals surface area contributed by atoms with Gasteiger partial charge in [-0.15, -0.1) is 10.2 Å². The second-order valence-electron chi connectivity index (χ2n) is 6.75. The normalized spacial score (nSPS) is 19.2. The molecule has 1 aromatic heterocycles. The van der Waals surface area contributed by atoms with Gasteiger partial charge < -0.3 is 15.3 Å². The van der Waals surface area contributed by atoms with Gasteiger partial charge in [-0.05, 0) is 38.1 Å². The fourth-order valence-corrected chi connectivity index (χ4v) is 3.23. The molecule has 0 radical (unpaired) electrons. The molecule has 1 aliphatic rings. The van der Waals surface area contributed by atoms with Gasteiger partial charge in [-0.1, -0.05) is 18.2 Å². The molecular weight excluding hydrogens is 330 g/mol. The summed E-state index contributed by atoms with van der Waals surface area (Å²) in [6.07, 6.45) is -0.323. The highest BCUT2D eigenvalue weighted by molar-refractivity contribution is 6.02. The molecule has 7 nitrogen and oxygen atoms in total. The summed E-state index contributed by atoms with van der Waals surface area (Å²) in [4.78, 5) is 16.7. The number of benzene rings is 1. The second kappa shape index (κ2) is 8.25. The lowest BCUT2D eigenvalue weighted by Gasteiger charge is -2.40. The largest absolute Gasteiger partial charge is 0.392 e. The zero-order chi connectivity index (χ0) is 18.5. The topological polar surface area (TPSA) is 81.6 Å². The highest BCUT2D eigenvalue weighted by atomic mass is 16.3. The molecule has 0 aliphatic carbocycles. The third-order valence-corrected chi connectivity index (χ3v) is 4.44. The number of rotatable bonds is 5. The molecule has 2 unspecified atom stereocenters. The molecule has 1 saturated heterocycles. The number of anilines is 2. The Kier molecular flexibility index (Phi) is 5.80. The van der Waals surface area contributed by atoms with Crippen molar-refractivity contribution in [2.24, 2.45) is 0 Å². The molecule has 7 heteroatoms. The maximum Gasteiger partial charge on any atom is 0.276 e. The SMILES string of the molecule is CC(O)CN1CCN(c2ccc(C(=O)Nc3ccccc3)nn2)C(C)C1. The number of carbonyl (C=O) groups is 1. The lowest BCUT2D eigenvalue weighted by molar-refractivity contribution is 0.102. The molecule has 138 valence electrons. The van der Waals surface area contributed by atoms with E-state index in [0.29, 0.717) is 6.54 Å². The number of para-hydroxylation sites is 1. The zero-order valence-electron chi connectivity index (χ0n) is 15.2. The minimum atomic E-state index is -0.323. The van der Waals surface area contributed by atoms with Crippen molar-refractivity contribution < 1.29 is 9.90 Å². The van der Waals surface area contributed by atoms with E-state index in [1.165, 1.54) is 0 Å². The molecule has 3 rings (SSSR count). The van der Waals surface area contributed by atoms with E-state index in [-0.39, 0.29) is 23.7 Å². The van der Waals surface area contributed by atoms with Crippen LogP contribution >= 0.6 is 0 Å². The van der Waals surface area contributed by atoms with Gasteiger partial charge in [-0.2, -0.15) is 0 Å². The maximum absolute atomic E-state index is 12.3. The van der Waals surface area contributed by atoms with Crippen LogP contribution in [0.2, 0.25) is 0 Å².